The van der Waals surface area contributed by atoms with Crippen LogP contribution in [-0.4, -0.2) is 12.1 Å². The van der Waals surface area contributed by atoms with Gasteiger partial charge in [0.05, 0.1) is 12.8 Å². The molecule has 0 atom stereocenters. The third-order valence-electron chi connectivity index (χ3n) is 1.76. The van der Waals surface area contributed by atoms with E-state index in [9.17, 15) is 0 Å². The molecule has 0 spiro atoms. The molecule has 0 saturated heterocycles. The number of pyridine rings is 1. The van der Waals surface area contributed by atoms with Gasteiger partial charge in [-0.15, -0.1) is 0 Å². The summed E-state index contributed by atoms with van der Waals surface area (Å²) in [6.07, 6.45) is 0.955. The summed E-state index contributed by atoms with van der Waals surface area (Å²) in [5.41, 5.74) is 7.26. The molecule has 13 heavy (non-hydrogen) atoms. The number of methoxy groups -OCH3 is 1. The zero-order valence-electron chi connectivity index (χ0n) is 8.37. The molecule has 0 aliphatic rings. The topological polar surface area (TPSA) is 48.1 Å². The van der Waals surface area contributed by atoms with E-state index < -0.39 is 0 Å². The van der Waals surface area contributed by atoms with Crippen LogP contribution in [0.4, 0.5) is 5.69 Å². The molecule has 0 saturated carbocycles. The Bertz CT molecular complexity index is 284. The van der Waals surface area contributed by atoms with Gasteiger partial charge in [0.25, 0.3) is 0 Å². The van der Waals surface area contributed by atoms with Crippen LogP contribution < -0.4 is 10.5 Å². The van der Waals surface area contributed by atoms with Gasteiger partial charge in [-0.05, 0) is 24.5 Å². The number of nitrogens with two attached hydrogens (primary N) is 1. The first-order valence-electron chi connectivity index (χ1n) is 4.43. The standard InChI is InChI=1S/C10H16N2O/c1-7(2)6-8-4-5-9(11)10(12-8)13-3/h4-5,7H,6,11H2,1-3H3. The molecule has 0 amide bonds. The van der Waals surface area contributed by atoms with Gasteiger partial charge in [-0.25, -0.2) is 4.98 Å². The second-order valence-electron chi connectivity index (χ2n) is 3.50. The lowest BCUT2D eigenvalue weighted by Crippen LogP contribution is -2.01. The van der Waals surface area contributed by atoms with Crippen LogP contribution in [0.5, 0.6) is 5.88 Å². The minimum Gasteiger partial charge on any atom is -0.480 e. The van der Waals surface area contributed by atoms with Crippen molar-refractivity contribution in [3.8, 4) is 5.88 Å². The smallest absolute Gasteiger partial charge is 0.237 e. The normalized spacial score (nSPS) is 10.5. The molecular weight excluding hydrogens is 164 g/mol. The number of ether oxygens (including phenoxy) is 1. The van der Waals surface area contributed by atoms with Crippen molar-refractivity contribution in [3.63, 3.8) is 0 Å². The van der Waals surface area contributed by atoms with Crippen molar-refractivity contribution in [3.05, 3.63) is 17.8 Å². The summed E-state index contributed by atoms with van der Waals surface area (Å²) in [6.45, 7) is 4.31. The molecular formula is C10H16N2O. The Morgan fingerprint density at radius 1 is 1.46 bits per heavy atom. The molecule has 1 aromatic rings. The maximum atomic E-state index is 5.64. The average molecular weight is 180 g/mol. The second-order valence-corrected chi connectivity index (χ2v) is 3.50. The summed E-state index contributed by atoms with van der Waals surface area (Å²) in [5, 5.41) is 0. The Kier molecular flexibility index (Phi) is 3.12. The lowest BCUT2D eigenvalue weighted by Gasteiger charge is -2.07. The Morgan fingerprint density at radius 3 is 2.69 bits per heavy atom. The Balaban J connectivity index is 2.86. The van der Waals surface area contributed by atoms with Crippen LogP contribution in [0, 0.1) is 5.92 Å². The molecule has 1 heterocycles. The molecule has 0 aromatic carbocycles. The summed E-state index contributed by atoms with van der Waals surface area (Å²) in [5.74, 6) is 1.12. The van der Waals surface area contributed by atoms with Crippen LogP contribution in [0.15, 0.2) is 12.1 Å². The van der Waals surface area contributed by atoms with Gasteiger partial charge >= 0.3 is 0 Å². The van der Waals surface area contributed by atoms with Crippen molar-refractivity contribution in [1.29, 1.82) is 0 Å². The highest BCUT2D eigenvalue weighted by molar-refractivity contribution is 5.48. The minimum atomic E-state index is 0.526. The van der Waals surface area contributed by atoms with Crippen LogP contribution in [0.25, 0.3) is 0 Å². The molecule has 0 aliphatic carbocycles. The molecule has 1 aromatic heterocycles. The molecule has 0 radical (unpaired) electrons. The van der Waals surface area contributed by atoms with Gasteiger partial charge in [-0.2, -0.15) is 0 Å². The van der Waals surface area contributed by atoms with Crippen LogP contribution >= 0.6 is 0 Å². The maximum Gasteiger partial charge on any atom is 0.237 e. The second kappa shape index (κ2) is 4.12. The maximum absolute atomic E-state index is 5.64. The zero-order chi connectivity index (χ0) is 9.84. The van der Waals surface area contributed by atoms with Crippen molar-refractivity contribution >= 4 is 5.69 Å². The van der Waals surface area contributed by atoms with Gasteiger partial charge in [0, 0.05) is 5.69 Å². The molecule has 0 unspecified atom stereocenters. The fourth-order valence-corrected chi connectivity index (χ4v) is 1.18. The first kappa shape index (κ1) is 9.84. The number of aromatic nitrogens is 1. The summed E-state index contributed by atoms with van der Waals surface area (Å²) < 4.78 is 5.03. The average Bonchev–Trinajstić information content (AvgIpc) is 2.07. The Hall–Kier alpha value is -1.25. The largest absolute Gasteiger partial charge is 0.480 e. The Morgan fingerprint density at radius 2 is 2.15 bits per heavy atom. The van der Waals surface area contributed by atoms with E-state index in [0.29, 0.717) is 17.5 Å². The number of rotatable bonds is 3. The van der Waals surface area contributed by atoms with E-state index in [1.807, 2.05) is 12.1 Å². The van der Waals surface area contributed by atoms with Crippen LogP contribution in [0.3, 0.4) is 0 Å². The molecule has 3 nitrogen and oxygen atoms in total. The third-order valence-corrected chi connectivity index (χ3v) is 1.76. The number of hydrogen-bond donors (Lipinski definition) is 1. The molecule has 2 N–H and O–H groups in total. The highest BCUT2D eigenvalue weighted by Crippen LogP contribution is 2.18. The van der Waals surface area contributed by atoms with Gasteiger partial charge < -0.3 is 10.5 Å². The highest BCUT2D eigenvalue weighted by Gasteiger charge is 2.04. The molecule has 3 heteroatoms. The van der Waals surface area contributed by atoms with E-state index in [1.54, 1.807) is 7.11 Å². The molecule has 72 valence electrons. The lowest BCUT2D eigenvalue weighted by atomic mass is 10.1. The number of nitrogen functional groups attached to an aromatic ring is 1. The van der Waals surface area contributed by atoms with Crippen molar-refractivity contribution in [1.82, 2.24) is 4.98 Å². The minimum absolute atomic E-state index is 0.526. The van der Waals surface area contributed by atoms with Crippen LogP contribution in [-0.2, 0) is 6.42 Å². The van der Waals surface area contributed by atoms with Crippen LogP contribution in [0.1, 0.15) is 19.5 Å². The van der Waals surface area contributed by atoms with E-state index in [1.165, 1.54) is 0 Å². The predicted octanol–water partition coefficient (Wildman–Crippen LogP) is 1.87. The van der Waals surface area contributed by atoms with Gasteiger partial charge in [-0.1, -0.05) is 13.8 Å². The van der Waals surface area contributed by atoms with Gasteiger partial charge in [-0.3, -0.25) is 0 Å². The summed E-state index contributed by atoms with van der Waals surface area (Å²) in [7, 11) is 1.58. The predicted molar refractivity (Wildman–Crippen MR) is 53.7 cm³/mol. The van der Waals surface area contributed by atoms with Crippen molar-refractivity contribution < 1.29 is 4.74 Å². The molecule has 0 bridgehead atoms. The van der Waals surface area contributed by atoms with Gasteiger partial charge in [0.2, 0.25) is 5.88 Å². The molecule has 0 fully saturated rings. The fraction of sp³-hybridized carbons (Fsp3) is 0.500. The van der Waals surface area contributed by atoms with E-state index in [0.717, 1.165) is 12.1 Å². The summed E-state index contributed by atoms with van der Waals surface area (Å²) in [6, 6.07) is 3.78. The first-order chi connectivity index (χ1) is 6.13. The number of hydrogen-bond acceptors (Lipinski definition) is 3. The van der Waals surface area contributed by atoms with Gasteiger partial charge in [0.15, 0.2) is 0 Å². The fourth-order valence-electron chi connectivity index (χ4n) is 1.18. The van der Waals surface area contributed by atoms with Crippen molar-refractivity contribution in [2.24, 2.45) is 5.92 Å². The zero-order valence-corrected chi connectivity index (χ0v) is 8.37. The van der Waals surface area contributed by atoms with Crippen molar-refractivity contribution in [2.45, 2.75) is 20.3 Å². The third kappa shape index (κ3) is 2.61. The quantitative estimate of drug-likeness (QED) is 0.772. The summed E-state index contributed by atoms with van der Waals surface area (Å²) >= 11 is 0. The number of anilines is 1. The number of nitrogens with zero attached hydrogens (tertiary/aromatic N) is 1. The van der Waals surface area contributed by atoms with Crippen molar-refractivity contribution in [2.75, 3.05) is 12.8 Å². The molecule has 1 rings (SSSR count). The Labute approximate surface area is 78.9 Å². The summed E-state index contributed by atoms with van der Waals surface area (Å²) in [4.78, 5) is 4.28. The first-order valence-corrected chi connectivity index (χ1v) is 4.43. The van der Waals surface area contributed by atoms with E-state index in [2.05, 4.69) is 18.8 Å². The molecule has 0 aliphatic heterocycles. The van der Waals surface area contributed by atoms with Crippen LogP contribution in [0.2, 0.25) is 0 Å². The van der Waals surface area contributed by atoms with Gasteiger partial charge in [0.1, 0.15) is 0 Å². The monoisotopic (exact) mass is 180 g/mol. The van der Waals surface area contributed by atoms with E-state index in [-0.39, 0.29) is 0 Å². The van der Waals surface area contributed by atoms with E-state index in [4.69, 9.17) is 10.5 Å². The van der Waals surface area contributed by atoms with E-state index >= 15 is 0 Å². The highest BCUT2D eigenvalue weighted by atomic mass is 16.5. The lowest BCUT2D eigenvalue weighted by molar-refractivity contribution is 0.398. The SMILES string of the molecule is COc1nc(CC(C)C)ccc1N.